The van der Waals surface area contributed by atoms with Gasteiger partial charge < -0.3 is 14.2 Å². The normalized spacial score (nSPS) is 16.2. The number of fused-ring (bicyclic) bond motifs is 1. The standard InChI is InChI=1S/C19H15F3O4/c1-11-5-3-4-6-15(11)25-13-8-7-12-9-14(18(23)24-2)17(19(20,21)22)26-16(12)10-13/h3-10,17H,1-2H3. The lowest BCUT2D eigenvalue weighted by Crippen LogP contribution is -2.40. The summed E-state index contributed by atoms with van der Waals surface area (Å²) in [5, 5.41) is 0. The third kappa shape index (κ3) is 3.51. The second kappa shape index (κ2) is 6.74. The van der Waals surface area contributed by atoms with Gasteiger partial charge in [-0.3, -0.25) is 0 Å². The van der Waals surface area contributed by atoms with Crippen LogP contribution in [0.1, 0.15) is 11.1 Å². The summed E-state index contributed by atoms with van der Waals surface area (Å²) in [6, 6.07) is 11.7. The molecule has 7 heteroatoms. The van der Waals surface area contributed by atoms with Gasteiger partial charge in [-0.15, -0.1) is 0 Å². The Morgan fingerprint density at radius 3 is 2.54 bits per heavy atom. The number of aryl methyl sites for hydroxylation is 1. The maximum atomic E-state index is 13.3. The maximum absolute atomic E-state index is 13.3. The fraction of sp³-hybridized carbons (Fsp3) is 0.211. The molecule has 0 aliphatic carbocycles. The zero-order valence-electron chi connectivity index (χ0n) is 14.0. The molecule has 1 aliphatic heterocycles. The first kappa shape index (κ1) is 17.8. The predicted molar refractivity (Wildman–Crippen MR) is 88.2 cm³/mol. The van der Waals surface area contributed by atoms with E-state index in [4.69, 9.17) is 9.47 Å². The molecule has 0 saturated carbocycles. The number of hydrogen-bond donors (Lipinski definition) is 0. The molecule has 0 fully saturated rings. The molecule has 1 atom stereocenters. The van der Waals surface area contributed by atoms with E-state index in [1.807, 2.05) is 19.1 Å². The lowest BCUT2D eigenvalue weighted by atomic mass is 10.0. The fourth-order valence-electron chi connectivity index (χ4n) is 2.56. The number of para-hydroxylation sites is 1. The van der Waals surface area contributed by atoms with E-state index >= 15 is 0 Å². The van der Waals surface area contributed by atoms with Crippen LogP contribution in [0.3, 0.4) is 0 Å². The first-order chi connectivity index (χ1) is 12.3. The van der Waals surface area contributed by atoms with Crippen LogP contribution in [0.2, 0.25) is 0 Å². The molecule has 1 unspecified atom stereocenters. The van der Waals surface area contributed by atoms with Gasteiger partial charge in [0.05, 0.1) is 12.7 Å². The first-order valence-corrected chi connectivity index (χ1v) is 7.70. The molecule has 0 radical (unpaired) electrons. The van der Waals surface area contributed by atoms with Crippen molar-refractivity contribution >= 4 is 12.0 Å². The lowest BCUT2D eigenvalue weighted by Gasteiger charge is -2.27. The molecular weight excluding hydrogens is 349 g/mol. The molecule has 4 nitrogen and oxygen atoms in total. The van der Waals surface area contributed by atoms with Crippen LogP contribution in [0.15, 0.2) is 48.0 Å². The van der Waals surface area contributed by atoms with Gasteiger partial charge in [-0.25, -0.2) is 4.79 Å². The van der Waals surface area contributed by atoms with Gasteiger partial charge in [0.25, 0.3) is 0 Å². The number of esters is 1. The zero-order chi connectivity index (χ0) is 18.9. The van der Waals surface area contributed by atoms with Crippen LogP contribution in [0, 0.1) is 6.92 Å². The second-order valence-electron chi connectivity index (χ2n) is 5.70. The van der Waals surface area contributed by atoms with Crippen LogP contribution in [-0.2, 0) is 9.53 Å². The smallest absolute Gasteiger partial charge is 0.430 e. The monoisotopic (exact) mass is 364 g/mol. The molecular formula is C19H15F3O4. The highest BCUT2D eigenvalue weighted by molar-refractivity contribution is 5.96. The van der Waals surface area contributed by atoms with Gasteiger partial charge in [-0.05, 0) is 36.8 Å². The third-order valence-corrected chi connectivity index (χ3v) is 3.86. The van der Waals surface area contributed by atoms with Crippen LogP contribution < -0.4 is 9.47 Å². The van der Waals surface area contributed by atoms with E-state index in [1.165, 1.54) is 12.1 Å². The Kier molecular flexibility index (Phi) is 4.63. The molecule has 1 heterocycles. The number of halogens is 3. The van der Waals surface area contributed by atoms with E-state index in [2.05, 4.69) is 4.74 Å². The summed E-state index contributed by atoms with van der Waals surface area (Å²) in [5.41, 5.74) is 0.621. The number of methoxy groups -OCH3 is 1. The molecule has 3 rings (SSSR count). The molecule has 0 N–H and O–H groups in total. The first-order valence-electron chi connectivity index (χ1n) is 7.70. The summed E-state index contributed by atoms with van der Waals surface area (Å²) in [4.78, 5) is 11.7. The molecule has 2 aromatic rings. The number of ether oxygens (including phenoxy) is 3. The highest BCUT2D eigenvalue weighted by Gasteiger charge is 2.48. The summed E-state index contributed by atoms with van der Waals surface area (Å²) < 4.78 is 55.1. The summed E-state index contributed by atoms with van der Waals surface area (Å²) in [7, 11) is 1.02. The van der Waals surface area contributed by atoms with Gasteiger partial charge >= 0.3 is 12.1 Å². The molecule has 2 aromatic carbocycles. The van der Waals surface area contributed by atoms with Gasteiger partial charge in [0.1, 0.15) is 17.2 Å². The number of rotatable bonds is 3. The maximum Gasteiger partial charge on any atom is 0.430 e. The molecule has 1 aliphatic rings. The average molecular weight is 364 g/mol. The molecule has 0 amide bonds. The Hall–Kier alpha value is -2.96. The Bertz CT molecular complexity index is 871. The van der Waals surface area contributed by atoms with Crippen LogP contribution in [-0.4, -0.2) is 25.4 Å². The largest absolute Gasteiger partial charge is 0.475 e. The molecule has 136 valence electrons. The zero-order valence-corrected chi connectivity index (χ0v) is 14.0. The van der Waals surface area contributed by atoms with Crippen molar-refractivity contribution in [3.05, 3.63) is 59.2 Å². The summed E-state index contributed by atoms with van der Waals surface area (Å²) in [6.45, 7) is 1.86. The van der Waals surface area contributed by atoms with Gasteiger partial charge in [-0.2, -0.15) is 13.2 Å². The van der Waals surface area contributed by atoms with Crippen LogP contribution >= 0.6 is 0 Å². The Labute approximate surface area is 147 Å². The van der Waals surface area contributed by atoms with Crippen molar-refractivity contribution in [3.63, 3.8) is 0 Å². The summed E-state index contributed by atoms with van der Waals surface area (Å²) in [5.74, 6) is -0.195. The molecule has 0 saturated heterocycles. The van der Waals surface area contributed by atoms with Crippen molar-refractivity contribution in [2.45, 2.75) is 19.2 Å². The number of hydrogen-bond acceptors (Lipinski definition) is 4. The third-order valence-electron chi connectivity index (χ3n) is 3.86. The predicted octanol–water partition coefficient (Wildman–Crippen LogP) is 4.67. The molecule has 0 aromatic heterocycles. The van der Waals surface area contributed by atoms with E-state index in [1.54, 1.807) is 18.2 Å². The highest BCUT2D eigenvalue weighted by atomic mass is 19.4. The van der Waals surface area contributed by atoms with E-state index in [-0.39, 0.29) is 5.75 Å². The molecule has 0 bridgehead atoms. The van der Waals surface area contributed by atoms with Gasteiger partial charge in [0, 0.05) is 11.6 Å². The number of benzene rings is 2. The fourth-order valence-corrected chi connectivity index (χ4v) is 2.56. The van der Waals surface area contributed by atoms with E-state index < -0.39 is 23.8 Å². The topological polar surface area (TPSA) is 44.8 Å². The van der Waals surface area contributed by atoms with Gasteiger partial charge in [0.15, 0.2) is 0 Å². The van der Waals surface area contributed by atoms with Crippen molar-refractivity contribution in [1.29, 1.82) is 0 Å². The van der Waals surface area contributed by atoms with Crippen molar-refractivity contribution < 1.29 is 32.2 Å². The average Bonchev–Trinajstić information content (AvgIpc) is 2.61. The number of carbonyl (C=O) groups excluding carboxylic acids is 1. The lowest BCUT2D eigenvalue weighted by molar-refractivity contribution is -0.187. The van der Waals surface area contributed by atoms with Crippen molar-refractivity contribution in [2.75, 3.05) is 7.11 Å². The van der Waals surface area contributed by atoms with E-state index in [0.29, 0.717) is 17.1 Å². The van der Waals surface area contributed by atoms with Gasteiger partial charge in [0.2, 0.25) is 6.10 Å². The van der Waals surface area contributed by atoms with Crippen LogP contribution in [0.25, 0.3) is 6.08 Å². The van der Waals surface area contributed by atoms with Gasteiger partial charge in [-0.1, -0.05) is 18.2 Å². The Morgan fingerprint density at radius 1 is 1.15 bits per heavy atom. The minimum absolute atomic E-state index is 0.0222. The SMILES string of the molecule is COC(=O)C1=Cc2ccc(Oc3ccccc3C)cc2OC1C(F)(F)F. The van der Waals surface area contributed by atoms with E-state index in [0.717, 1.165) is 18.7 Å². The van der Waals surface area contributed by atoms with E-state index in [9.17, 15) is 18.0 Å². The Morgan fingerprint density at radius 2 is 1.88 bits per heavy atom. The number of carbonyl (C=O) groups is 1. The molecule has 0 spiro atoms. The van der Waals surface area contributed by atoms with Crippen LogP contribution in [0.5, 0.6) is 17.2 Å². The summed E-state index contributed by atoms with van der Waals surface area (Å²) >= 11 is 0. The quantitative estimate of drug-likeness (QED) is 0.743. The second-order valence-corrected chi connectivity index (χ2v) is 5.70. The van der Waals surface area contributed by atoms with Crippen molar-refractivity contribution in [3.8, 4) is 17.2 Å². The minimum atomic E-state index is -4.76. The van der Waals surface area contributed by atoms with Crippen molar-refractivity contribution in [2.24, 2.45) is 0 Å². The minimum Gasteiger partial charge on any atom is -0.475 e. The molecule has 26 heavy (non-hydrogen) atoms. The van der Waals surface area contributed by atoms with Crippen LogP contribution in [0.4, 0.5) is 13.2 Å². The highest BCUT2D eigenvalue weighted by Crippen LogP contribution is 2.39. The van der Waals surface area contributed by atoms with Crippen molar-refractivity contribution in [1.82, 2.24) is 0 Å². The summed E-state index contributed by atoms with van der Waals surface area (Å²) in [6.07, 6.45) is -6.03. The number of alkyl halides is 3. The Balaban J connectivity index is 1.96.